The van der Waals surface area contributed by atoms with Gasteiger partial charge in [-0.15, -0.1) is 6.42 Å². The molecule has 12 nitrogen and oxygen atoms in total. The van der Waals surface area contributed by atoms with Crippen LogP contribution in [-0.2, 0) is 56.9 Å². The molecule has 0 radical (unpaired) electrons. The van der Waals surface area contributed by atoms with Crippen molar-refractivity contribution in [3.8, 4) is 12.3 Å². The van der Waals surface area contributed by atoms with Crippen LogP contribution in [0.25, 0.3) is 0 Å². The molecule has 0 aromatic rings. The van der Waals surface area contributed by atoms with E-state index < -0.39 is 5.97 Å². The number of ether oxygens (including phenoxy) is 11. The number of methoxy groups -OCH3 is 1. The monoisotopic (exact) mass is 524 g/mol. The molecule has 0 saturated heterocycles. The topological polar surface area (TPSA) is 119 Å². The molecule has 0 spiro atoms. The second-order valence-electron chi connectivity index (χ2n) is 6.78. The summed E-state index contributed by atoms with van der Waals surface area (Å²) in [7, 11) is 1.31. The lowest BCUT2D eigenvalue weighted by molar-refractivity contribution is -0.146. The van der Waals surface area contributed by atoms with Crippen molar-refractivity contribution in [2.45, 2.75) is 0 Å². The molecule has 212 valence electrons. The highest BCUT2D eigenvalue weighted by molar-refractivity contribution is 5.70. The van der Waals surface area contributed by atoms with Crippen LogP contribution in [0.15, 0.2) is 0 Å². The van der Waals surface area contributed by atoms with Gasteiger partial charge < -0.3 is 52.1 Å². The summed E-state index contributed by atoms with van der Waals surface area (Å²) in [5.74, 6) is 1.98. The van der Waals surface area contributed by atoms with E-state index in [0.717, 1.165) is 0 Å². The Kier molecular flexibility index (Phi) is 30.5. The molecular weight excluding hydrogens is 480 g/mol. The van der Waals surface area contributed by atoms with Gasteiger partial charge in [-0.3, -0.25) is 0 Å². The van der Waals surface area contributed by atoms with E-state index in [0.29, 0.717) is 126 Å². The second kappa shape index (κ2) is 31.7. The summed E-state index contributed by atoms with van der Waals surface area (Å²) in [5, 5.41) is 0. The molecule has 0 unspecified atom stereocenters. The van der Waals surface area contributed by atoms with Gasteiger partial charge in [-0.1, -0.05) is 5.92 Å². The summed E-state index contributed by atoms with van der Waals surface area (Å²) in [5.41, 5.74) is 0. The number of hydrogen-bond donors (Lipinski definition) is 0. The third-order valence-electron chi connectivity index (χ3n) is 3.98. The van der Waals surface area contributed by atoms with E-state index in [1.165, 1.54) is 7.11 Å². The summed E-state index contributed by atoms with van der Waals surface area (Å²) in [6, 6.07) is 0. The van der Waals surface area contributed by atoms with Crippen molar-refractivity contribution in [3.63, 3.8) is 0 Å². The number of rotatable bonds is 30. The van der Waals surface area contributed by atoms with Crippen LogP contribution < -0.4 is 0 Å². The van der Waals surface area contributed by atoms with Gasteiger partial charge in [0.1, 0.15) is 13.2 Å². The van der Waals surface area contributed by atoms with Crippen molar-refractivity contribution in [1.29, 1.82) is 0 Å². The lowest BCUT2D eigenvalue weighted by Gasteiger charge is -2.09. The molecule has 0 aromatic carbocycles. The van der Waals surface area contributed by atoms with Gasteiger partial charge in [-0.05, 0) is 0 Å². The van der Waals surface area contributed by atoms with E-state index >= 15 is 0 Å². The molecule has 0 saturated carbocycles. The van der Waals surface area contributed by atoms with Crippen molar-refractivity contribution in [2.24, 2.45) is 0 Å². The minimum atomic E-state index is -0.407. The maximum atomic E-state index is 10.8. The van der Waals surface area contributed by atoms with Gasteiger partial charge >= 0.3 is 5.97 Å². The number of hydrogen-bond acceptors (Lipinski definition) is 12. The van der Waals surface area contributed by atoms with Gasteiger partial charge in [-0.2, -0.15) is 0 Å². The smallest absolute Gasteiger partial charge is 0.331 e. The van der Waals surface area contributed by atoms with E-state index in [2.05, 4.69) is 10.7 Å². The lowest BCUT2D eigenvalue weighted by atomic mass is 10.6. The summed E-state index contributed by atoms with van der Waals surface area (Å²) in [6.07, 6.45) is 5.06. The van der Waals surface area contributed by atoms with Crippen LogP contribution in [0.1, 0.15) is 0 Å². The van der Waals surface area contributed by atoms with Gasteiger partial charge in [0.05, 0.1) is 126 Å². The van der Waals surface area contributed by atoms with Crippen LogP contribution in [0.5, 0.6) is 0 Å². The minimum absolute atomic E-state index is 0.0688. The fraction of sp³-hybridized carbons (Fsp3) is 0.875. The van der Waals surface area contributed by atoms with Gasteiger partial charge in [0.15, 0.2) is 0 Å². The summed E-state index contributed by atoms with van der Waals surface area (Å²) < 4.78 is 57.6. The van der Waals surface area contributed by atoms with E-state index in [-0.39, 0.29) is 6.61 Å². The Morgan fingerprint density at radius 3 is 0.972 bits per heavy atom. The summed E-state index contributed by atoms with van der Waals surface area (Å²) >= 11 is 0. The molecule has 0 heterocycles. The first-order valence-corrected chi connectivity index (χ1v) is 12.1. The Bertz CT molecular complexity index is 486. The molecule has 0 atom stereocenters. The molecule has 0 aliphatic carbocycles. The molecule has 36 heavy (non-hydrogen) atoms. The highest BCUT2D eigenvalue weighted by Gasteiger charge is 1.99. The van der Waals surface area contributed by atoms with Gasteiger partial charge in [0, 0.05) is 0 Å². The lowest BCUT2D eigenvalue weighted by Crippen LogP contribution is -2.16. The largest absolute Gasteiger partial charge is 0.467 e. The number of carbonyl (C=O) groups is 1. The minimum Gasteiger partial charge on any atom is -0.467 e. The van der Waals surface area contributed by atoms with Gasteiger partial charge in [-0.25, -0.2) is 4.79 Å². The first-order valence-electron chi connectivity index (χ1n) is 12.1. The van der Waals surface area contributed by atoms with E-state index in [4.69, 9.17) is 53.8 Å². The van der Waals surface area contributed by atoms with Crippen molar-refractivity contribution < 1.29 is 56.9 Å². The predicted octanol–water partition coefficient (Wildman–Crippen LogP) is -0.0414. The van der Waals surface area contributed by atoms with Crippen LogP contribution >= 0.6 is 0 Å². The fourth-order valence-corrected chi connectivity index (χ4v) is 2.22. The number of esters is 1. The van der Waals surface area contributed by atoms with Crippen LogP contribution in [0, 0.1) is 12.3 Å². The first kappa shape index (κ1) is 34.6. The van der Waals surface area contributed by atoms with Crippen LogP contribution in [-0.4, -0.2) is 145 Å². The Balaban J connectivity index is 3.03. The SMILES string of the molecule is C#CCOCCOCCOCCOCCOCCOCCOCCOCCOCCOCC(=O)OC. The highest BCUT2D eigenvalue weighted by atomic mass is 16.6. The molecular formula is C24H44O12. The molecule has 0 aliphatic heterocycles. The van der Waals surface area contributed by atoms with Crippen LogP contribution in [0.3, 0.4) is 0 Å². The Labute approximate surface area is 215 Å². The fourth-order valence-electron chi connectivity index (χ4n) is 2.22. The Hall–Kier alpha value is -1.37. The molecule has 0 amide bonds. The van der Waals surface area contributed by atoms with Crippen molar-refractivity contribution in [1.82, 2.24) is 0 Å². The summed E-state index contributed by atoms with van der Waals surface area (Å²) in [4.78, 5) is 10.8. The number of carbonyl (C=O) groups excluding carboxylic acids is 1. The molecule has 12 heteroatoms. The normalized spacial score (nSPS) is 11.0. The van der Waals surface area contributed by atoms with Crippen molar-refractivity contribution >= 4 is 5.97 Å². The second-order valence-corrected chi connectivity index (χ2v) is 6.78. The zero-order chi connectivity index (χ0) is 26.2. The van der Waals surface area contributed by atoms with Crippen molar-refractivity contribution in [2.75, 3.05) is 139 Å². The molecule has 0 bridgehead atoms. The van der Waals surface area contributed by atoms with E-state index in [1.807, 2.05) is 0 Å². The zero-order valence-corrected chi connectivity index (χ0v) is 21.6. The third kappa shape index (κ3) is 30.7. The number of terminal acetylenes is 1. The molecule has 0 rings (SSSR count). The molecule has 0 N–H and O–H groups in total. The van der Waals surface area contributed by atoms with Crippen LogP contribution in [0.4, 0.5) is 0 Å². The standard InChI is InChI=1S/C24H44O12/c1-3-4-27-5-6-28-7-8-29-9-10-30-11-12-31-13-14-32-15-16-33-17-18-34-19-20-35-21-22-36-23-24(25)26-2/h1H,4-23H2,2H3. The quantitative estimate of drug-likeness (QED) is 0.0712. The summed E-state index contributed by atoms with van der Waals surface area (Å²) in [6.45, 7) is 8.84. The van der Waals surface area contributed by atoms with E-state index in [1.54, 1.807) is 0 Å². The first-order chi connectivity index (χ1) is 17.8. The highest BCUT2D eigenvalue weighted by Crippen LogP contribution is 1.86. The third-order valence-corrected chi connectivity index (χ3v) is 3.98. The Morgan fingerprint density at radius 1 is 0.472 bits per heavy atom. The van der Waals surface area contributed by atoms with Gasteiger partial charge in [0.2, 0.25) is 0 Å². The van der Waals surface area contributed by atoms with E-state index in [9.17, 15) is 4.79 Å². The molecule has 0 aliphatic rings. The maximum Gasteiger partial charge on any atom is 0.331 e. The maximum absolute atomic E-state index is 10.8. The van der Waals surface area contributed by atoms with Gasteiger partial charge in [0.25, 0.3) is 0 Å². The predicted molar refractivity (Wildman–Crippen MR) is 129 cm³/mol. The van der Waals surface area contributed by atoms with Crippen LogP contribution in [0.2, 0.25) is 0 Å². The molecule has 0 aromatic heterocycles. The zero-order valence-electron chi connectivity index (χ0n) is 21.6. The average molecular weight is 525 g/mol. The van der Waals surface area contributed by atoms with Crippen molar-refractivity contribution in [3.05, 3.63) is 0 Å². The average Bonchev–Trinajstić information content (AvgIpc) is 2.89. The Morgan fingerprint density at radius 2 is 0.722 bits per heavy atom. The molecule has 0 fully saturated rings.